The van der Waals surface area contributed by atoms with Gasteiger partial charge in [-0.2, -0.15) is 0 Å². The van der Waals surface area contributed by atoms with Gasteiger partial charge < -0.3 is 19.5 Å². The topological polar surface area (TPSA) is 76.1 Å². The van der Waals surface area contributed by atoms with Crippen molar-refractivity contribution in [2.75, 3.05) is 20.3 Å². The van der Waals surface area contributed by atoms with Crippen LogP contribution in [-0.4, -0.2) is 42.0 Å². The first-order valence-corrected chi connectivity index (χ1v) is 12.7. The number of nitrogens with zero attached hydrogens (tertiary/aromatic N) is 1. The highest BCUT2D eigenvalue weighted by Crippen LogP contribution is 2.42. The molecule has 0 bridgehead atoms. The molecule has 0 radical (unpaired) electrons. The van der Waals surface area contributed by atoms with Crippen LogP contribution in [0.25, 0.3) is 5.76 Å². The van der Waals surface area contributed by atoms with Gasteiger partial charge in [0, 0.05) is 12.1 Å². The van der Waals surface area contributed by atoms with Crippen LogP contribution in [0.3, 0.4) is 0 Å². The third-order valence-electron chi connectivity index (χ3n) is 6.58. The molecule has 1 heterocycles. The summed E-state index contributed by atoms with van der Waals surface area (Å²) < 4.78 is 11.5. The Morgan fingerprint density at radius 1 is 0.919 bits per heavy atom. The van der Waals surface area contributed by atoms with Crippen molar-refractivity contribution in [3.8, 4) is 11.5 Å². The number of amides is 1. The lowest BCUT2D eigenvalue weighted by atomic mass is 9.95. The van der Waals surface area contributed by atoms with Gasteiger partial charge in [0.15, 0.2) is 11.5 Å². The maximum Gasteiger partial charge on any atom is 0.295 e. The van der Waals surface area contributed by atoms with E-state index in [1.165, 1.54) is 0 Å². The maximum absolute atomic E-state index is 13.3. The number of aliphatic hydroxyl groups is 1. The number of Topliss-reactive ketones (excluding diaryl/α,β-unsaturated/α-hetero) is 1. The molecule has 1 aliphatic rings. The summed E-state index contributed by atoms with van der Waals surface area (Å²) in [6, 6.07) is 23.3. The average molecular weight is 500 g/mol. The van der Waals surface area contributed by atoms with Crippen molar-refractivity contribution >= 4 is 17.4 Å². The second-order valence-electron chi connectivity index (χ2n) is 9.06. The molecule has 0 saturated carbocycles. The SMILES string of the molecule is CCCCCOc1ccc(C2/C(=C(\O)c3ccccc3)C(=O)C(=O)N2CCc2ccccc2)cc1OC. The van der Waals surface area contributed by atoms with Crippen molar-refractivity contribution in [2.45, 2.75) is 38.6 Å². The van der Waals surface area contributed by atoms with Crippen molar-refractivity contribution in [1.82, 2.24) is 4.90 Å². The Morgan fingerprint density at radius 3 is 2.30 bits per heavy atom. The fourth-order valence-corrected chi connectivity index (χ4v) is 4.61. The lowest BCUT2D eigenvalue weighted by Crippen LogP contribution is -2.31. The molecule has 1 atom stereocenters. The predicted molar refractivity (Wildman–Crippen MR) is 144 cm³/mol. The lowest BCUT2D eigenvalue weighted by molar-refractivity contribution is -0.139. The molecular weight excluding hydrogens is 466 g/mol. The van der Waals surface area contributed by atoms with Crippen LogP contribution in [-0.2, 0) is 16.0 Å². The van der Waals surface area contributed by atoms with E-state index in [1.807, 2.05) is 42.5 Å². The Bertz CT molecular complexity index is 1250. The Kier molecular flexibility index (Phi) is 8.62. The number of carbonyl (C=O) groups is 2. The van der Waals surface area contributed by atoms with Crippen LogP contribution in [0.15, 0.2) is 84.4 Å². The number of benzene rings is 3. The van der Waals surface area contributed by atoms with Crippen molar-refractivity contribution in [3.05, 3.63) is 101 Å². The summed E-state index contributed by atoms with van der Waals surface area (Å²) in [5, 5.41) is 11.2. The third kappa shape index (κ3) is 5.85. The molecule has 1 fully saturated rings. The standard InChI is InChI=1S/C31H33NO5/c1-3-4-11-20-37-25-17-16-24(21-26(25)36-2)28-27(29(33)23-14-9-6-10-15-23)30(34)31(35)32(28)19-18-22-12-7-5-8-13-22/h5-10,12-17,21,28,33H,3-4,11,18-20H2,1-2H3/b29-27+. The van der Waals surface area contributed by atoms with E-state index in [4.69, 9.17) is 9.47 Å². The molecular formula is C31H33NO5. The van der Waals surface area contributed by atoms with Crippen LogP contribution in [0.4, 0.5) is 0 Å². The van der Waals surface area contributed by atoms with Crippen molar-refractivity contribution in [1.29, 1.82) is 0 Å². The molecule has 3 aromatic rings. The van der Waals surface area contributed by atoms with Crippen LogP contribution in [0.2, 0.25) is 0 Å². The van der Waals surface area contributed by atoms with E-state index in [2.05, 4.69) is 6.92 Å². The van der Waals surface area contributed by atoms with E-state index < -0.39 is 17.7 Å². The molecule has 1 unspecified atom stereocenters. The zero-order valence-corrected chi connectivity index (χ0v) is 21.4. The fourth-order valence-electron chi connectivity index (χ4n) is 4.61. The van der Waals surface area contributed by atoms with Crippen LogP contribution in [0.5, 0.6) is 11.5 Å². The van der Waals surface area contributed by atoms with Gasteiger partial charge in [0.05, 0.1) is 25.3 Å². The number of methoxy groups -OCH3 is 1. The van der Waals surface area contributed by atoms with E-state index in [9.17, 15) is 14.7 Å². The fraction of sp³-hybridized carbons (Fsp3) is 0.290. The average Bonchev–Trinajstić information content (AvgIpc) is 3.19. The monoisotopic (exact) mass is 499 g/mol. The Labute approximate surface area is 218 Å². The molecule has 0 aliphatic carbocycles. The number of aliphatic hydroxyl groups excluding tert-OH is 1. The van der Waals surface area contributed by atoms with E-state index in [1.54, 1.807) is 48.4 Å². The van der Waals surface area contributed by atoms with E-state index in [-0.39, 0.29) is 11.3 Å². The van der Waals surface area contributed by atoms with Crippen LogP contribution < -0.4 is 9.47 Å². The number of unbranched alkanes of at least 4 members (excludes halogenated alkanes) is 2. The summed E-state index contributed by atoms with van der Waals surface area (Å²) in [5.74, 6) is -0.394. The molecule has 37 heavy (non-hydrogen) atoms. The van der Waals surface area contributed by atoms with Gasteiger partial charge >= 0.3 is 0 Å². The molecule has 192 valence electrons. The first kappa shape index (κ1) is 26.0. The minimum Gasteiger partial charge on any atom is -0.507 e. The van der Waals surface area contributed by atoms with E-state index >= 15 is 0 Å². The number of likely N-dealkylation sites (tertiary alicyclic amines) is 1. The molecule has 1 N–H and O–H groups in total. The minimum absolute atomic E-state index is 0.0722. The second-order valence-corrected chi connectivity index (χ2v) is 9.06. The Balaban J connectivity index is 1.73. The molecule has 6 heteroatoms. The number of hydrogen-bond donors (Lipinski definition) is 1. The molecule has 4 rings (SSSR count). The van der Waals surface area contributed by atoms with Gasteiger partial charge in [-0.05, 0) is 36.1 Å². The summed E-state index contributed by atoms with van der Waals surface area (Å²) >= 11 is 0. The van der Waals surface area contributed by atoms with Gasteiger partial charge in [-0.3, -0.25) is 9.59 Å². The van der Waals surface area contributed by atoms with Crippen molar-refractivity contribution in [3.63, 3.8) is 0 Å². The smallest absolute Gasteiger partial charge is 0.295 e. The lowest BCUT2D eigenvalue weighted by Gasteiger charge is -2.26. The number of hydrogen-bond acceptors (Lipinski definition) is 5. The maximum atomic E-state index is 13.3. The minimum atomic E-state index is -0.757. The number of ether oxygens (including phenoxy) is 2. The summed E-state index contributed by atoms with van der Waals surface area (Å²) in [6.07, 6.45) is 3.70. The zero-order valence-electron chi connectivity index (χ0n) is 21.4. The first-order valence-electron chi connectivity index (χ1n) is 12.7. The first-order chi connectivity index (χ1) is 18.0. The van der Waals surface area contributed by atoms with Gasteiger partial charge in [-0.15, -0.1) is 0 Å². The molecule has 1 aliphatic heterocycles. The summed E-state index contributed by atoms with van der Waals surface area (Å²) in [6.45, 7) is 3.04. The van der Waals surface area contributed by atoms with Crippen LogP contribution >= 0.6 is 0 Å². The molecule has 1 saturated heterocycles. The number of carbonyl (C=O) groups excluding carboxylic acids is 2. The molecule has 6 nitrogen and oxygen atoms in total. The number of ketones is 1. The summed E-state index contributed by atoms with van der Waals surface area (Å²) in [4.78, 5) is 28.1. The largest absolute Gasteiger partial charge is 0.507 e. The summed E-state index contributed by atoms with van der Waals surface area (Å²) in [5.41, 5.74) is 2.28. The van der Waals surface area contributed by atoms with Gasteiger partial charge in [0.2, 0.25) is 0 Å². The highest BCUT2D eigenvalue weighted by molar-refractivity contribution is 6.46. The zero-order chi connectivity index (χ0) is 26.2. The van der Waals surface area contributed by atoms with Gasteiger partial charge in [-0.25, -0.2) is 0 Å². The van der Waals surface area contributed by atoms with Crippen LogP contribution in [0, 0.1) is 0 Å². The highest BCUT2D eigenvalue weighted by atomic mass is 16.5. The predicted octanol–water partition coefficient (Wildman–Crippen LogP) is 5.93. The van der Waals surface area contributed by atoms with Gasteiger partial charge in [0.1, 0.15) is 5.76 Å². The molecule has 0 spiro atoms. The van der Waals surface area contributed by atoms with E-state index in [0.29, 0.717) is 42.2 Å². The quantitative estimate of drug-likeness (QED) is 0.153. The second kappa shape index (κ2) is 12.3. The third-order valence-corrected chi connectivity index (χ3v) is 6.58. The van der Waals surface area contributed by atoms with Gasteiger partial charge in [-0.1, -0.05) is 86.5 Å². The van der Waals surface area contributed by atoms with Crippen LogP contribution in [0.1, 0.15) is 48.9 Å². The molecule has 1 amide bonds. The van der Waals surface area contributed by atoms with Gasteiger partial charge in [0.25, 0.3) is 11.7 Å². The number of rotatable bonds is 11. The Morgan fingerprint density at radius 2 is 1.62 bits per heavy atom. The molecule has 0 aromatic heterocycles. The van der Waals surface area contributed by atoms with Crippen molar-refractivity contribution in [2.24, 2.45) is 0 Å². The van der Waals surface area contributed by atoms with E-state index in [0.717, 1.165) is 24.8 Å². The normalized spacial score (nSPS) is 16.7. The van der Waals surface area contributed by atoms with Crippen molar-refractivity contribution < 1.29 is 24.2 Å². The summed E-state index contributed by atoms with van der Waals surface area (Å²) in [7, 11) is 1.56. The molecule has 3 aromatic carbocycles. The highest BCUT2D eigenvalue weighted by Gasteiger charge is 2.46. The Hall–Kier alpha value is -4.06.